The van der Waals surface area contributed by atoms with E-state index in [2.05, 4.69) is 16.3 Å². The van der Waals surface area contributed by atoms with Crippen molar-refractivity contribution in [3.63, 3.8) is 0 Å². The van der Waals surface area contributed by atoms with Crippen molar-refractivity contribution in [1.29, 1.82) is 5.26 Å². The lowest BCUT2D eigenvalue weighted by Crippen LogP contribution is -2.51. The number of hydrogen-bond donors (Lipinski definition) is 3. The lowest BCUT2D eigenvalue weighted by atomic mass is 9.90. The van der Waals surface area contributed by atoms with Crippen molar-refractivity contribution in [3.05, 3.63) is 0 Å². The number of nitrogens with one attached hydrogen (secondary N) is 1. The maximum absolute atomic E-state index is 9.68. The van der Waals surface area contributed by atoms with E-state index in [0.717, 1.165) is 32.5 Å². The molecule has 3 N–H and O–H groups in total. The van der Waals surface area contributed by atoms with Gasteiger partial charge in [-0.2, -0.15) is 5.26 Å². The number of nitriles is 1. The monoisotopic (exact) mass is 241 g/mol. The molecule has 0 amide bonds. The van der Waals surface area contributed by atoms with E-state index in [9.17, 15) is 5.11 Å². The van der Waals surface area contributed by atoms with Crippen LogP contribution in [0.25, 0.3) is 0 Å². The predicted octanol–water partition coefficient (Wildman–Crippen LogP) is -0.447. The summed E-state index contributed by atoms with van der Waals surface area (Å²) in [6, 6.07) is 2.47. The molecular formula is C12H23N3O2. The Hall–Kier alpha value is -0.670. The zero-order valence-corrected chi connectivity index (χ0v) is 10.5. The highest BCUT2D eigenvalue weighted by atomic mass is 16.3. The summed E-state index contributed by atoms with van der Waals surface area (Å²) in [5, 5.41) is 30.5. The lowest BCUT2D eigenvalue weighted by molar-refractivity contribution is 0.0531. The Morgan fingerprint density at radius 3 is 2.88 bits per heavy atom. The quantitative estimate of drug-likeness (QED) is 0.434. The van der Waals surface area contributed by atoms with Gasteiger partial charge in [0, 0.05) is 25.7 Å². The van der Waals surface area contributed by atoms with Gasteiger partial charge in [-0.3, -0.25) is 4.90 Å². The molecule has 0 aromatic rings. The molecule has 0 spiro atoms. The molecule has 5 nitrogen and oxygen atoms in total. The number of piperidine rings is 1. The zero-order chi connectivity index (χ0) is 12.7. The predicted molar refractivity (Wildman–Crippen MR) is 65.3 cm³/mol. The summed E-state index contributed by atoms with van der Waals surface area (Å²) < 4.78 is 0. The largest absolute Gasteiger partial charge is 0.396 e. The molecule has 0 saturated carbocycles. The fourth-order valence-electron chi connectivity index (χ4n) is 2.34. The first-order chi connectivity index (χ1) is 8.17. The Morgan fingerprint density at radius 1 is 1.53 bits per heavy atom. The lowest BCUT2D eigenvalue weighted by Gasteiger charge is -2.38. The molecule has 0 aromatic heterocycles. The average molecular weight is 241 g/mol. The number of nitrogens with zero attached hydrogens (tertiary/aromatic N) is 2. The van der Waals surface area contributed by atoms with E-state index in [1.165, 1.54) is 0 Å². The molecule has 1 rings (SSSR count). The highest BCUT2D eigenvalue weighted by Gasteiger charge is 2.29. The van der Waals surface area contributed by atoms with Crippen molar-refractivity contribution in [1.82, 2.24) is 10.2 Å². The Morgan fingerprint density at radius 2 is 2.29 bits per heavy atom. The van der Waals surface area contributed by atoms with E-state index in [4.69, 9.17) is 10.4 Å². The minimum atomic E-state index is -0.335. The van der Waals surface area contributed by atoms with Crippen LogP contribution in [0, 0.1) is 17.2 Å². The zero-order valence-electron chi connectivity index (χ0n) is 10.5. The van der Waals surface area contributed by atoms with Crippen molar-refractivity contribution in [2.75, 3.05) is 32.8 Å². The van der Waals surface area contributed by atoms with E-state index in [0.29, 0.717) is 12.6 Å². The Bertz CT molecular complexity index is 253. The fraction of sp³-hybridized carbons (Fsp3) is 0.917. The maximum Gasteiger partial charge on any atom is 0.0866 e. The highest BCUT2D eigenvalue weighted by molar-refractivity contribution is 4.89. The summed E-state index contributed by atoms with van der Waals surface area (Å²) in [6.07, 6.45) is 1.35. The van der Waals surface area contributed by atoms with Gasteiger partial charge in [-0.1, -0.05) is 0 Å². The minimum Gasteiger partial charge on any atom is -0.396 e. The second kappa shape index (κ2) is 7.62. The summed E-state index contributed by atoms with van der Waals surface area (Å²) in [5.74, 6) is 0.226. The number of aliphatic hydroxyl groups is 2. The molecule has 0 bridgehead atoms. The number of likely N-dealkylation sites (tertiary alicyclic amines) is 1. The molecule has 5 heteroatoms. The smallest absolute Gasteiger partial charge is 0.0866 e. The normalized spacial score (nSPS) is 27.6. The van der Waals surface area contributed by atoms with Gasteiger partial charge in [-0.05, 0) is 32.2 Å². The van der Waals surface area contributed by atoms with Crippen LogP contribution < -0.4 is 5.32 Å². The number of hydrogen-bond acceptors (Lipinski definition) is 5. The molecule has 3 atom stereocenters. The molecule has 3 unspecified atom stereocenters. The molecule has 1 heterocycles. The molecule has 0 radical (unpaired) electrons. The van der Waals surface area contributed by atoms with Crippen LogP contribution in [0.2, 0.25) is 0 Å². The summed E-state index contributed by atoms with van der Waals surface area (Å²) in [4.78, 5) is 2.08. The third-order valence-corrected chi connectivity index (χ3v) is 3.30. The van der Waals surface area contributed by atoms with Gasteiger partial charge in [-0.25, -0.2) is 0 Å². The van der Waals surface area contributed by atoms with Gasteiger partial charge in [0.2, 0.25) is 0 Å². The summed E-state index contributed by atoms with van der Waals surface area (Å²) in [7, 11) is 0. The maximum atomic E-state index is 9.68. The summed E-state index contributed by atoms with van der Waals surface area (Å²) in [6.45, 7) is 4.86. The molecule has 1 aliphatic heterocycles. The van der Waals surface area contributed by atoms with Crippen LogP contribution in [0.15, 0.2) is 0 Å². The van der Waals surface area contributed by atoms with E-state index in [1.54, 1.807) is 0 Å². The van der Waals surface area contributed by atoms with Crippen LogP contribution >= 0.6 is 0 Å². The molecule has 17 heavy (non-hydrogen) atoms. The van der Waals surface area contributed by atoms with Gasteiger partial charge < -0.3 is 15.5 Å². The topological polar surface area (TPSA) is 79.5 Å². The van der Waals surface area contributed by atoms with Crippen LogP contribution in [-0.2, 0) is 0 Å². The van der Waals surface area contributed by atoms with Gasteiger partial charge in [0.15, 0.2) is 0 Å². The fourth-order valence-corrected chi connectivity index (χ4v) is 2.34. The average Bonchev–Trinajstić information content (AvgIpc) is 2.29. The van der Waals surface area contributed by atoms with Gasteiger partial charge in [0.05, 0.1) is 18.7 Å². The molecule has 0 aromatic carbocycles. The van der Waals surface area contributed by atoms with Gasteiger partial charge >= 0.3 is 0 Å². The SMILES string of the molecule is CC(O)C1CC(NCCCO)CN(CC#N)C1. The first-order valence-electron chi connectivity index (χ1n) is 6.29. The van der Waals surface area contributed by atoms with E-state index in [-0.39, 0.29) is 18.6 Å². The van der Waals surface area contributed by atoms with Crippen molar-refractivity contribution >= 4 is 0 Å². The Labute approximate surface area is 103 Å². The van der Waals surface area contributed by atoms with Crippen LogP contribution in [-0.4, -0.2) is 60.0 Å². The number of aliphatic hydroxyl groups excluding tert-OH is 2. The van der Waals surface area contributed by atoms with E-state index < -0.39 is 0 Å². The first-order valence-corrected chi connectivity index (χ1v) is 6.29. The second-order valence-electron chi connectivity index (χ2n) is 4.82. The molecular weight excluding hydrogens is 218 g/mol. The van der Waals surface area contributed by atoms with Crippen LogP contribution in [0.3, 0.4) is 0 Å². The van der Waals surface area contributed by atoms with Gasteiger partial charge in [0.1, 0.15) is 0 Å². The van der Waals surface area contributed by atoms with Crippen molar-refractivity contribution in [2.45, 2.75) is 31.9 Å². The van der Waals surface area contributed by atoms with Gasteiger partial charge in [0.25, 0.3) is 0 Å². The second-order valence-corrected chi connectivity index (χ2v) is 4.82. The van der Waals surface area contributed by atoms with Crippen LogP contribution in [0.4, 0.5) is 0 Å². The third kappa shape index (κ3) is 5.00. The highest BCUT2D eigenvalue weighted by Crippen LogP contribution is 2.19. The summed E-state index contributed by atoms with van der Waals surface area (Å²) >= 11 is 0. The van der Waals surface area contributed by atoms with Gasteiger partial charge in [-0.15, -0.1) is 0 Å². The first kappa shape index (κ1) is 14.4. The molecule has 98 valence electrons. The molecule has 1 fully saturated rings. The van der Waals surface area contributed by atoms with Crippen molar-refractivity contribution in [3.8, 4) is 6.07 Å². The molecule has 1 saturated heterocycles. The van der Waals surface area contributed by atoms with Crippen molar-refractivity contribution < 1.29 is 10.2 Å². The van der Waals surface area contributed by atoms with E-state index >= 15 is 0 Å². The third-order valence-electron chi connectivity index (χ3n) is 3.30. The van der Waals surface area contributed by atoms with Crippen LogP contribution in [0.1, 0.15) is 19.8 Å². The standard InChI is InChI=1S/C12H23N3O2/c1-10(17)11-7-12(14-4-2-6-16)9-15(8-11)5-3-13/h10-12,14,16-17H,2,4-9H2,1H3. The van der Waals surface area contributed by atoms with Crippen molar-refractivity contribution in [2.24, 2.45) is 5.92 Å². The minimum absolute atomic E-state index is 0.196. The Balaban J connectivity index is 2.44. The Kier molecular flexibility index (Phi) is 6.45. The molecule has 0 aliphatic carbocycles. The van der Waals surface area contributed by atoms with E-state index in [1.807, 2.05) is 6.92 Å². The van der Waals surface area contributed by atoms with Crippen LogP contribution in [0.5, 0.6) is 0 Å². The molecule has 1 aliphatic rings. The number of rotatable bonds is 6. The summed E-state index contributed by atoms with van der Waals surface area (Å²) in [5.41, 5.74) is 0.